The summed E-state index contributed by atoms with van der Waals surface area (Å²) in [5, 5.41) is 2.73. The summed E-state index contributed by atoms with van der Waals surface area (Å²) < 4.78 is 26.8. The average molecular weight is 401 g/mol. The topological polar surface area (TPSA) is 78.9 Å². The molecule has 8 heteroatoms. The van der Waals surface area contributed by atoms with Crippen molar-refractivity contribution in [3.8, 4) is 0 Å². The Labute approximate surface area is 164 Å². The normalized spacial score (nSPS) is 16.4. The van der Waals surface area contributed by atoms with Gasteiger partial charge in [0, 0.05) is 24.9 Å². The van der Waals surface area contributed by atoms with E-state index in [4.69, 9.17) is 9.29 Å². The lowest BCUT2D eigenvalue weighted by atomic mass is 10.1. The predicted molar refractivity (Wildman–Crippen MR) is 105 cm³/mol. The summed E-state index contributed by atoms with van der Waals surface area (Å²) in [6, 6.07) is 4.51. The van der Waals surface area contributed by atoms with Crippen LogP contribution in [-0.2, 0) is 16.1 Å². The zero-order valence-corrected chi connectivity index (χ0v) is 17.4. The third-order valence-electron chi connectivity index (χ3n) is 3.91. The molecular weight excluding hydrogens is 371 g/mol. The van der Waals surface area contributed by atoms with Gasteiger partial charge in [0.15, 0.2) is 0 Å². The standard InChI is InChI=1S/C18H25FN2O3.CH4OS/c1-12-7-5-8-13(15(12)19)11-20-16(22)14-9-6-10-21(14)17(23)24-18(2,3)4;1-3-2/h5,7-8,14H,6,9-11H2,1-4H3,(H,20,22);2H,1H3. The van der Waals surface area contributed by atoms with Crippen LogP contribution in [0.4, 0.5) is 9.18 Å². The van der Waals surface area contributed by atoms with Crippen LogP contribution in [0.25, 0.3) is 0 Å². The summed E-state index contributed by atoms with van der Waals surface area (Å²) in [7, 11) is 0. The lowest BCUT2D eigenvalue weighted by molar-refractivity contribution is -0.125. The third kappa shape index (κ3) is 7.38. The van der Waals surface area contributed by atoms with E-state index in [0.717, 1.165) is 18.5 Å². The number of hydrogen-bond donors (Lipinski definition) is 2. The fourth-order valence-electron chi connectivity index (χ4n) is 2.72. The van der Waals surface area contributed by atoms with Crippen LogP contribution in [0, 0.1) is 12.7 Å². The fourth-order valence-corrected chi connectivity index (χ4v) is 2.72. The van der Waals surface area contributed by atoms with Gasteiger partial charge in [0.25, 0.3) is 0 Å². The molecule has 1 aromatic carbocycles. The van der Waals surface area contributed by atoms with Crippen LogP contribution in [-0.4, -0.2) is 45.9 Å². The molecule has 0 aliphatic carbocycles. The molecule has 0 bridgehead atoms. The molecule has 152 valence electrons. The first-order valence-corrected chi connectivity index (χ1v) is 9.97. The number of nitrogens with zero attached hydrogens (tertiary/aromatic N) is 1. The van der Waals surface area contributed by atoms with E-state index in [-0.39, 0.29) is 18.3 Å². The number of likely N-dealkylation sites (tertiary alicyclic amines) is 1. The van der Waals surface area contributed by atoms with Gasteiger partial charge in [0.1, 0.15) is 17.5 Å². The van der Waals surface area contributed by atoms with Crippen LogP contribution in [0.2, 0.25) is 0 Å². The first-order valence-electron chi connectivity index (χ1n) is 8.79. The summed E-state index contributed by atoms with van der Waals surface area (Å²) in [4.78, 5) is 26.1. The SMILES string of the molecule is CSO.Cc1cccc(CNC(=O)C2CCCN2C(=O)OC(C)(C)C)c1F. The van der Waals surface area contributed by atoms with Gasteiger partial charge in [0.05, 0.1) is 0 Å². The second kappa shape index (κ2) is 10.5. The van der Waals surface area contributed by atoms with Gasteiger partial charge in [-0.2, -0.15) is 0 Å². The van der Waals surface area contributed by atoms with Crippen LogP contribution in [0.1, 0.15) is 44.7 Å². The number of carbonyl (C=O) groups is 2. The molecule has 1 saturated heterocycles. The molecule has 0 spiro atoms. The van der Waals surface area contributed by atoms with Gasteiger partial charge < -0.3 is 14.6 Å². The first kappa shape index (κ1) is 23.2. The maximum Gasteiger partial charge on any atom is 0.410 e. The Kier molecular flexibility index (Phi) is 9.05. The number of hydrogen-bond acceptors (Lipinski definition) is 5. The molecule has 1 heterocycles. The minimum atomic E-state index is -0.606. The summed E-state index contributed by atoms with van der Waals surface area (Å²) in [5.41, 5.74) is 0.369. The van der Waals surface area contributed by atoms with Gasteiger partial charge in [-0.15, -0.1) is 0 Å². The van der Waals surface area contributed by atoms with Crippen molar-refractivity contribution in [1.82, 2.24) is 10.2 Å². The second-order valence-electron chi connectivity index (χ2n) is 7.28. The molecule has 1 atom stereocenters. The highest BCUT2D eigenvalue weighted by Gasteiger charge is 2.36. The van der Waals surface area contributed by atoms with Gasteiger partial charge in [-0.25, -0.2) is 9.18 Å². The molecule has 0 saturated carbocycles. The highest BCUT2D eigenvalue weighted by Crippen LogP contribution is 2.21. The van der Waals surface area contributed by atoms with E-state index in [1.807, 2.05) is 0 Å². The van der Waals surface area contributed by atoms with E-state index in [9.17, 15) is 14.0 Å². The zero-order valence-electron chi connectivity index (χ0n) is 16.5. The van der Waals surface area contributed by atoms with Gasteiger partial charge in [0.2, 0.25) is 5.91 Å². The third-order valence-corrected chi connectivity index (χ3v) is 3.91. The monoisotopic (exact) mass is 400 g/mol. The number of benzene rings is 1. The van der Waals surface area contributed by atoms with E-state index in [1.165, 1.54) is 4.90 Å². The minimum absolute atomic E-state index is 0.102. The van der Waals surface area contributed by atoms with Gasteiger partial charge in [-0.05, 0) is 58.1 Å². The van der Waals surface area contributed by atoms with Crippen molar-refractivity contribution < 1.29 is 23.3 Å². The molecule has 1 aromatic rings. The number of carbonyl (C=O) groups excluding carboxylic acids is 2. The average Bonchev–Trinajstić information content (AvgIpc) is 3.05. The van der Waals surface area contributed by atoms with Crippen LogP contribution >= 0.6 is 12.0 Å². The van der Waals surface area contributed by atoms with E-state index < -0.39 is 17.7 Å². The highest BCUT2D eigenvalue weighted by molar-refractivity contribution is 7.93. The Balaban J connectivity index is 0.00000114. The predicted octanol–water partition coefficient (Wildman–Crippen LogP) is 3.97. The van der Waals surface area contributed by atoms with Gasteiger partial charge >= 0.3 is 6.09 Å². The number of rotatable bonds is 3. The van der Waals surface area contributed by atoms with Gasteiger partial charge in [-0.3, -0.25) is 9.69 Å². The van der Waals surface area contributed by atoms with Crippen molar-refractivity contribution in [3.05, 3.63) is 35.1 Å². The molecule has 0 radical (unpaired) electrons. The van der Waals surface area contributed by atoms with E-state index in [1.54, 1.807) is 52.1 Å². The maximum absolute atomic E-state index is 14.0. The molecule has 1 aliphatic rings. The summed E-state index contributed by atoms with van der Waals surface area (Å²) in [5.74, 6) is -0.590. The molecule has 2 amide bonds. The van der Waals surface area contributed by atoms with Crippen molar-refractivity contribution in [2.75, 3.05) is 12.8 Å². The second-order valence-corrected chi connectivity index (χ2v) is 7.65. The number of amides is 2. The minimum Gasteiger partial charge on any atom is -0.444 e. The molecule has 6 nitrogen and oxygen atoms in total. The van der Waals surface area contributed by atoms with Crippen molar-refractivity contribution in [1.29, 1.82) is 0 Å². The van der Waals surface area contributed by atoms with E-state index >= 15 is 0 Å². The van der Waals surface area contributed by atoms with Gasteiger partial charge in [-0.1, -0.05) is 18.2 Å². The van der Waals surface area contributed by atoms with Crippen LogP contribution in [0.15, 0.2) is 18.2 Å². The summed E-state index contributed by atoms with van der Waals surface area (Å²) >= 11 is 0.750. The Bertz CT molecular complexity index is 649. The molecule has 2 N–H and O–H groups in total. The highest BCUT2D eigenvalue weighted by atomic mass is 32.2. The molecule has 2 rings (SSSR count). The van der Waals surface area contributed by atoms with E-state index in [0.29, 0.717) is 24.1 Å². The maximum atomic E-state index is 14.0. The Morgan fingerprint density at radius 1 is 1.41 bits per heavy atom. The molecular formula is C19H29FN2O4S. The number of halogens is 1. The fraction of sp³-hybridized carbons (Fsp3) is 0.579. The lowest BCUT2D eigenvalue weighted by Crippen LogP contribution is -2.47. The largest absolute Gasteiger partial charge is 0.444 e. The van der Waals surface area contributed by atoms with Crippen molar-refractivity contribution in [3.63, 3.8) is 0 Å². The van der Waals surface area contributed by atoms with Crippen molar-refractivity contribution in [2.45, 2.75) is 58.7 Å². The number of nitrogens with one attached hydrogen (secondary N) is 1. The summed E-state index contributed by atoms with van der Waals surface area (Å²) in [6.07, 6.45) is 2.44. The quantitative estimate of drug-likeness (QED) is 0.751. The summed E-state index contributed by atoms with van der Waals surface area (Å²) in [6.45, 7) is 7.64. The van der Waals surface area contributed by atoms with Crippen molar-refractivity contribution in [2.24, 2.45) is 0 Å². The Hall–Kier alpha value is -1.80. The molecule has 1 fully saturated rings. The van der Waals surface area contributed by atoms with Crippen LogP contribution in [0.3, 0.4) is 0 Å². The number of ether oxygens (including phenoxy) is 1. The molecule has 1 aliphatic heterocycles. The Morgan fingerprint density at radius 3 is 2.63 bits per heavy atom. The Morgan fingerprint density at radius 2 is 2.04 bits per heavy atom. The molecule has 1 unspecified atom stereocenters. The zero-order chi connectivity index (χ0) is 20.6. The first-order chi connectivity index (χ1) is 12.6. The van der Waals surface area contributed by atoms with E-state index in [2.05, 4.69) is 5.32 Å². The number of aryl methyl sites for hydroxylation is 1. The molecule has 0 aromatic heterocycles. The lowest BCUT2D eigenvalue weighted by Gasteiger charge is -2.28. The smallest absolute Gasteiger partial charge is 0.410 e. The van der Waals surface area contributed by atoms with Crippen LogP contribution < -0.4 is 5.32 Å². The molecule has 27 heavy (non-hydrogen) atoms. The van der Waals surface area contributed by atoms with Crippen LogP contribution in [0.5, 0.6) is 0 Å². The van der Waals surface area contributed by atoms with Crippen molar-refractivity contribution >= 4 is 24.0 Å².